The Hall–Kier alpha value is -2.71. The molecule has 0 N–H and O–H groups in total. The van der Waals surface area contributed by atoms with Crippen molar-refractivity contribution < 1.29 is 13.2 Å². The number of amides is 1. The third-order valence-electron chi connectivity index (χ3n) is 6.31. The van der Waals surface area contributed by atoms with Gasteiger partial charge in [0.25, 0.3) is 0 Å². The van der Waals surface area contributed by atoms with E-state index < -0.39 is 9.84 Å². The van der Waals surface area contributed by atoms with E-state index in [-0.39, 0.29) is 22.6 Å². The van der Waals surface area contributed by atoms with Gasteiger partial charge in [-0.1, -0.05) is 18.2 Å². The molecule has 0 bridgehead atoms. The van der Waals surface area contributed by atoms with Gasteiger partial charge in [0.2, 0.25) is 5.91 Å². The molecule has 2 aromatic carbocycles. The second-order valence-electron chi connectivity index (χ2n) is 8.35. The molecule has 0 radical (unpaired) electrons. The summed E-state index contributed by atoms with van der Waals surface area (Å²) in [6, 6.07) is 13.2. The van der Waals surface area contributed by atoms with Crippen molar-refractivity contribution in [3.05, 3.63) is 70.2 Å². The molecule has 32 heavy (non-hydrogen) atoms. The monoisotopic (exact) mass is 467 g/mol. The standard InChI is InChI=1S/C24H25N3O3S2/c1-17-15-19(32(29,30)16-23-25-11-14-31-23)8-9-20(17)27-13-10-22(24(27)28)26-12-4-6-18-5-2-3-7-21(18)26/h2-3,5,7-9,11,14-15,22H,4,6,10,12-13,16H2,1H3/t22-/m0/s1. The molecule has 0 spiro atoms. The number of carbonyl (C=O) groups excluding carboxylic acids is 1. The molecule has 3 aromatic rings. The van der Waals surface area contributed by atoms with Gasteiger partial charge in [-0.3, -0.25) is 4.79 Å². The number of hydrogen-bond donors (Lipinski definition) is 0. The van der Waals surface area contributed by atoms with E-state index in [1.54, 1.807) is 29.8 Å². The van der Waals surface area contributed by atoms with Crippen LogP contribution in [0, 0.1) is 6.92 Å². The zero-order valence-electron chi connectivity index (χ0n) is 17.9. The number of sulfone groups is 1. The minimum absolute atomic E-state index is 0.0863. The van der Waals surface area contributed by atoms with Crippen LogP contribution in [-0.4, -0.2) is 38.4 Å². The summed E-state index contributed by atoms with van der Waals surface area (Å²) in [5.41, 5.74) is 4.05. The molecule has 1 fully saturated rings. The van der Waals surface area contributed by atoms with Gasteiger partial charge >= 0.3 is 0 Å². The molecule has 8 heteroatoms. The number of thiazole rings is 1. The topological polar surface area (TPSA) is 70.6 Å². The summed E-state index contributed by atoms with van der Waals surface area (Å²) in [7, 11) is -3.48. The number of hydrogen-bond acceptors (Lipinski definition) is 6. The average Bonchev–Trinajstić information content (AvgIpc) is 3.42. The van der Waals surface area contributed by atoms with Crippen LogP contribution in [0.5, 0.6) is 0 Å². The van der Waals surface area contributed by atoms with Crippen LogP contribution in [-0.2, 0) is 26.8 Å². The van der Waals surface area contributed by atoms with Crippen molar-refractivity contribution in [1.29, 1.82) is 0 Å². The summed E-state index contributed by atoms with van der Waals surface area (Å²) in [6.45, 7) is 3.39. The van der Waals surface area contributed by atoms with Gasteiger partial charge in [-0.05, 0) is 61.6 Å². The summed E-state index contributed by atoms with van der Waals surface area (Å²) in [6.07, 6.45) is 4.47. The summed E-state index contributed by atoms with van der Waals surface area (Å²) < 4.78 is 25.6. The van der Waals surface area contributed by atoms with Gasteiger partial charge in [0, 0.05) is 36.0 Å². The van der Waals surface area contributed by atoms with Gasteiger partial charge < -0.3 is 9.80 Å². The molecular formula is C24H25N3O3S2. The van der Waals surface area contributed by atoms with Crippen LogP contribution < -0.4 is 9.80 Å². The van der Waals surface area contributed by atoms with E-state index in [0.29, 0.717) is 11.6 Å². The Balaban J connectivity index is 1.38. The number of fused-ring (bicyclic) bond motifs is 1. The Bertz CT molecular complexity index is 1260. The van der Waals surface area contributed by atoms with Gasteiger partial charge in [-0.25, -0.2) is 13.4 Å². The first-order chi connectivity index (χ1) is 15.4. The summed E-state index contributed by atoms with van der Waals surface area (Å²) in [5.74, 6) is -0.0223. The van der Waals surface area contributed by atoms with E-state index in [1.807, 2.05) is 17.9 Å². The fourth-order valence-electron chi connectivity index (χ4n) is 4.77. The second kappa shape index (κ2) is 8.33. The SMILES string of the molecule is Cc1cc(S(=O)(=O)Cc2nccs2)ccc1N1CC[C@H](N2CCCc3ccccc32)C1=O. The molecule has 166 valence electrons. The van der Waals surface area contributed by atoms with Crippen LogP contribution in [0.4, 0.5) is 11.4 Å². The minimum atomic E-state index is -3.48. The molecular weight excluding hydrogens is 442 g/mol. The normalized spacial score (nSPS) is 18.8. The van der Waals surface area contributed by atoms with Gasteiger partial charge in [0.15, 0.2) is 9.84 Å². The van der Waals surface area contributed by atoms with Crippen molar-refractivity contribution in [3.8, 4) is 0 Å². The van der Waals surface area contributed by atoms with E-state index >= 15 is 0 Å². The zero-order valence-corrected chi connectivity index (χ0v) is 19.5. The molecule has 0 aliphatic carbocycles. The summed E-state index contributed by atoms with van der Waals surface area (Å²) in [5, 5.41) is 2.35. The van der Waals surface area contributed by atoms with Crippen molar-refractivity contribution in [3.63, 3.8) is 0 Å². The van der Waals surface area contributed by atoms with E-state index in [0.717, 1.165) is 37.1 Å². The second-order valence-corrected chi connectivity index (χ2v) is 11.3. The third kappa shape index (κ3) is 3.82. The maximum absolute atomic E-state index is 13.4. The molecule has 1 saturated heterocycles. The zero-order chi connectivity index (χ0) is 22.3. The average molecular weight is 468 g/mol. The predicted octanol–water partition coefficient (Wildman–Crippen LogP) is 3.98. The van der Waals surface area contributed by atoms with E-state index in [9.17, 15) is 13.2 Å². The molecule has 0 unspecified atom stereocenters. The fourth-order valence-corrected chi connectivity index (χ4v) is 7.11. The molecule has 3 heterocycles. The number of nitrogens with zero attached hydrogens (tertiary/aromatic N) is 3. The molecule has 0 saturated carbocycles. The lowest BCUT2D eigenvalue weighted by Gasteiger charge is -2.35. The van der Waals surface area contributed by atoms with Crippen molar-refractivity contribution in [1.82, 2.24) is 4.98 Å². The highest BCUT2D eigenvalue weighted by atomic mass is 32.2. The maximum Gasteiger partial charge on any atom is 0.249 e. The van der Waals surface area contributed by atoms with Crippen molar-refractivity contribution in [2.45, 2.75) is 42.9 Å². The van der Waals surface area contributed by atoms with Crippen LogP contribution in [0.25, 0.3) is 0 Å². The highest BCUT2D eigenvalue weighted by molar-refractivity contribution is 7.90. The lowest BCUT2D eigenvalue weighted by atomic mass is 9.99. The number of aromatic nitrogens is 1. The Morgan fingerprint density at radius 2 is 1.97 bits per heavy atom. The van der Waals surface area contributed by atoms with Gasteiger partial charge in [0.1, 0.15) is 16.8 Å². The van der Waals surface area contributed by atoms with Gasteiger partial charge in [0.05, 0.1) is 4.90 Å². The number of rotatable bonds is 5. The Labute approximate surface area is 192 Å². The first-order valence-corrected chi connectivity index (χ1v) is 13.3. The smallest absolute Gasteiger partial charge is 0.249 e. The molecule has 5 rings (SSSR count). The molecule has 2 aliphatic rings. The van der Waals surface area contributed by atoms with Crippen molar-refractivity contribution in [2.75, 3.05) is 22.9 Å². The molecule has 2 aliphatic heterocycles. The third-order valence-corrected chi connectivity index (χ3v) is 8.90. The quantitative estimate of drug-likeness (QED) is 0.568. The van der Waals surface area contributed by atoms with Crippen molar-refractivity contribution in [2.24, 2.45) is 0 Å². The van der Waals surface area contributed by atoms with Crippen LogP contribution in [0.15, 0.2) is 58.9 Å². The van der Waals surface area contributed by atoms with Gasteiger partial charge in [-0.15, -0.1) is 11.3 Å². The Kier molecular flexibility index (Phi) is 5.51. The highest BCUT2D eigenvalue weighted by Crippen LogP contribution is 2.34. The fraction of sp³-hybridized carbons (Fsp3) is 0.333. The van der Waals surface area contributed by atoms with E-state index in [2.05, 4.69) is 28.1 Å². The van der Waals surface area contributed by atoms with Crippen LogP contribution in [0.3, 0.4) is 0 Å². The van der Waals surface area contributed by atoms with Crippen LogP contribution >= 0.6 is 11.3 Å². The lowest BCUT2D eigenvalue weighted by molar-refractivity contribution is -0.118. The van der Waals surface area contributed by atoms with Crippen LogP contribution in [0.2, 0.25) is 0 Å². The largest absolute Gasteiger partial charge is 0.359 e. The maximum atomic E-state index is 13.4. The predicted molar refractivity (Wildman–Crippen MR) is 127 cm³/mol. The van der Waals surface area contributed by atoms with Crippen LogP contribution in [0.1, 0.15) is 29.0 Å². The molecule has 1 amide bonds. The molecule has 1 atom stereocenters. The molecule has 6 nitrogen and oxygen atoms in total. The van der Waals surface area contributed by atoms with E-state index in [4.69, 9.17) is 0 Å². The number of para-hydroxylation sites is 1. The van der Waals surface area contributed by atoms with Gasteiger partial charge in [-0.2, -0.15) is 0 Å². The number of benzene rings is 2. The first-order valence-electron chi connectivity index (χ1n) is 10.8. The molecule has 1 aromatic heterocycles. The first kappa shape index (κ1) is 21.2. The lowest BCUT2D eigenvalue weighted by Crippen LogP contribution is -2.44. The minimum Gasteiger partial charge on any atom is -0.359 e. The number of aryl methyl sites for hydroxylation is 2. The van der Waals surface area contributed by atoms with Crippen molar-refractivity contribution >= 4 is 38.5 Å². The Morgan fingerprint density at radius 3 is 2.75 bits per heavy atom. The number of anilines is 2. The number of carbonyl (C=O) groups is 1. The highest BCUT2D eigenvalue weighted by Gasteiger charge is 2.38. The summed E-state index contributed by atoms with van der Waals surface area (Å²) >= 11 is 1.33. The Morgan fingerprint density at radius 1 is 1.12 bits per heavy atom. The summed E-state index contributed by atoms with van der Waals surface area (Å²) in [4.78, 5) is 21.8. The van der Waals surface area contributed by atoms with E-state index in [1.165, 1.54) is 22.6 Å².